The molecular weight excluding hydrogens is 428 g/mol. The van der Waals surface area contributed by atoms with Crippen LogP contribution in [-0.2, 0) is 17.9 Å². The van der Waals surface area contributed by atoms with E-state index in [-0.39, 0.29) is 11.4 Å². The molecule has 0 bridgehead atoms. The summed E-state index contributed by atoms with van der Waals surface area (Å²) in [6.07, 6.45) is 4.26. The predicted octanol–water partition coefficient (Wildman–Crippen LogP) is 2.96. The molecule has 0 spiro atoms. The van der Waals surface area contributed by atoms with Crippen LogP contribution in [0, 0.1) is 5.92 Å². The molecule has 1 aromatic carbocycles. The van der Waals surface area contributed by atoms with E-state index in [2.05, 4.69) is 15.3 Å². The highest BCUT2D eigenvalue weighted by atomic mass is 32.1. The van der Waals surface area contributed by atoms with Crippen LogP contribution in [-0.4, -0.2) is 35.6 Å². The highest BCUT2D eigenvalue weighted by Gasteiger charge is 2.19. The number of carbonyl (C=O) groups excluding carboxylic acids is 1. The molecule has 0 saturated heterocycles. The Morgan fingerprint density at radius 1 is 1.31 bits per heavy atom. The van der Waals surface area contributed by atoms with E-state index in [4.69, 9.17) is 15.2 Å². The molecule has 170 valence electrons. The molecule has 1 amide bonds. The van der Waals surface area contributed by atoms with Gasteiger partial charge in [-0.15, -0.1) is 11.3 Å². The molecule has 3 aromatic rings. The van der Waals surface area contributed by atoms with Gasteiger partial charge in [-0.3, -0.25) is 9.59 Å². The number of ether oxygens (including phenoxy) is 2. The van der Waals surface area contributed by atoms with Crippen LogP contribution in [0.2, 0.25) is 0 Å². The van der Waals surface area contributed by atoms with Gasteiger partial charge in [0.05, 0.1) is 19.1 Å². The van der Waals surface area contributed by atoms with Crippen molar-refractivity contribution >= 4 is 27.5 Å². The Morgan fingerprint density at radius 3 is 2.91 bits per heavy atom. The van der Waals surface area contributed by atoms with Gasteiger partial charge in [-0.2, -0.15) is 0 Å². The summed E-state index contributed by atoms with van der Waals surface area (Å²) in [5.41, 5.74) is 7.31. The minimum atomic E-state index is -0.437. The molecule has 4 rings (SSSR count). The number of thiophene rings is 1. The van der Waals surface area contributed by atoms with E-state index in [1.54, 1.807) is 7.11 Å². The van der Waals surface area contributed by atoms with Gasteiger partial charge in [0.2, 0.25) is 5.82 Å². The van der Waals surface area contributed by atoms with Crippen molar-refractivity contribution in [3.8, 4) is 5.75 Å². The van der Waals surface area contributed by atoms with Crippen LogP contribution in [0.15, 0.2) is 34.4 Å². The van der Waals surface area contributed by atoms with E-state index in [9.17, 15) is 9.59 Å². The molecule has 8 nitrogen and oxygen atoms in total. The number of carbonyl (C=O) groups is 1. The Kier molecular flexibility index (Phi) is 7.19. The fourth-order valence-electron chi connectivity index (χ4n) is 3.96. The zero-order valence-corrected chi connectivity index (χ0v) is 18.9. The summed E-state index contributed by atoms with van der Waals surface area (Å²) in [5.74, 6) is 0.799. The number of fused-ring (bicyclic) bond motifs is 1. The SMILES string of the molecule is COc1cccc(CNC(=O)c2nc3scc(COCC4CCC(N)CC4)c3c(=O)[nH]2)c1. The monoisotopic (exact) mass is 456 g/mol. The van der Waals surface area contributed by atoms with Crippen LogP contribution in [0.3, 0.4) is 0 Å². The van der Waals surface area contributed by atoms with Gasteiger partial charge >= 0.3 is 0 Å². The highest BCUT2D eigenvalue weighted by molar-refractivity contribution is 7.16. The third-order valence-corrected chi connectivity index (χ3v) is 6.75. The van der Waals surface area contributed by atoms with Gasteiger partial charge in [0.25, 0.3) is 11.5 Å². The first kappa shape index (κ1) is 22.4. The van der Waals surface area contributed by atoms with Crippen molar-refractivity contribution in [3.63, 3.8) is 0 Å². The van der Waals surface area contributed by atoms with Crippen molar-refractivity contribution in [1.82, 2.24) is 15.3 Å². The minimum Gasteiger partial charge on any atom is -0.497 e. The Bertz CT molecular complexity index is 1130. The largest absolute Gasteiger partial charge is 0.497 e. The summed E-state index contributed by atoms with van der Waals surface area (Å²) in [6.45, 7) is 1.32. The third-order valence-electron chi connectivity index (χ3n) is 5.82. The van der Waals surface area contributed by atoms with E-state index in [0.29, 0.717) is 47.7 Å². The number of nitrogens with two attached hydrogens (primary N) is 1. The molecule has 1 fully saturated rings. The summed E-state index contributed by atoms with van der Waals surface area (Å²) in [6, 6.07) is 7.73. The molecule has 0 atom stereocenters. The topological polar surface area (TPSA) is 119 Å². The van der Waals surface area contributed by atoms with Gasteiger partial charge < -0.3 is 25.5 Å². The summed E-state index contributed by atoms with van der Waals surface area (Å²) >= 11 is 1.34. The Morgan fingerprint density at radius 2 is 2.12 bits per heavy atom. The predicted molar refractivity (Wildman–Crippen MR) is 124 cm³/mol. The van der Waals surface area contributed by atoms with Crippen molar-refractivity contribution < 1.29 is 14.3 Å². The van der Waals surface area contributed by atoms with Crippen molar-refractivity contribution in [3.05, 3.63) is 57.0 Å². The van der Waals surface area contributed by atoms with Crippen molar-refractivity contribution in [2.45, 2.75) is 44.9 Å². The minimum absolute atomic E-state index is 0.00161. The average Bonchev–Trinajstić information content (AvgIpc) is 3.22. The number of hydrogen-bond acceptors (Lipinski definition) is 7. The zero-order chi connectivity index (χ0) is 22.5. The van der Waals surface area contributed by atoms with Gasteiger partial charge in [0, 0.05) is 24.8 Å². The Hall–Kier alpha value is -2.75. The highest BCUT2D eigenvalue weighted by Crippen LogP contribution is 2.25. The Balaban J connectivity index is 1.38. The van der Waals surface area contributed by atoms with E-state index < -0.39 is 5.91 Å². The van der Waals surface area contributed by atoms with Gasteiger partial charge in [-0.25, -0.2) is 4.98 Å². The quantitative estimate of drug-likeness (QED) is 0.479. The lowest BCUT2D eigenvalue weighted by molar-refractivity contribution is 0.0726. The normalized spacial score (nSPS) is 18.6. The number of benzene rings is 1. The van der Waals surface area contributed by atoms with E-state index in [0.717, 1.165) is 36.8 Å². The standard InChI is InChI=1S/C23H28N4O4S/c1-30-18-4-2-3-15(9-18)10-25-22(29)20-26-21(28)19-16(13-32-23(19)27-20)12-31-11-14-5-7-17(24)8-6-14/h2-4,9,13-14,17H,5-8,10-12,24H2,1H3,(H,25,29)(H,26,27,28). The van der Waals surface area contributed by atoms with Crippen molar-refractivity contribution in [1.29, 1.82) is 0 Å². The van der Waals surface area contributed by atoms with Crippen molar-refractivity contribution in [2.24, 2.45) is 11.7 Å². The number of hydrogen-bond donors (Lipinski definition) is 3. The fraction of sp³-hybridized carbons (Fsp3) is 0.435. The molecule has 0 unspecified atom stereocenters. The van der Waals surface area contributed by atoms with Gasteiger partial charge in [-0.1, -0.05) is 12.1 Å². The van der Waals surface area contributed by atoms with Crippen LogP contribution in [0.25, 0.3) is 10.2 Å². The smallest absolute Gasteiger partial charge is 0.287 e. The van der Waals surface area contributed by atoms with E-state index >= 15 is 0 Å². The maximum atomic E-state index is 12.7. The molecule has 32 heavy (non-hydrogen) atoms. The molecule has 1 aliphatic rings. The second-order valence-electron chi connectivity index (χ2n) is 8.19. The maximum Gasteiger partial charge on any atom is 0.287 e. The summed E-state index contributed by atoms with van der Waals surface area (Å²) in [5, 5.41) is 5.15. The lowest BCUT2D eigenvalue weighted by Crippen LogP contribution is -2.28. The molecule has 0 aliphatic heterocycles. The number of methoxy groups -OCH3 is 1. The number of nitrogens with one attached hydrogen (secondary N) is 2. The van der Waals surface area contributed by atoms with Crippen LogP contribution >= 0.6 is 11.3 Å². The van der Waals surface area contributed by atoms with Crippen LogP contribution in [0.1, 0.15) is 47.4 Å². The summed E-state index contributed by atoms with van der Waals surface area (Å²) in [4.78, 5) is 32.7. The maximum absolute atomic E-state index is 12.7. The first-order valence-corrected chi connectivity index (χ1v) is 11.7. The number of aromatic nitrogens is 2. The third kappa shape index (κ3) is 5.35. The van der Waals surface area contributed by atoms with Gasteiger partial charge in [0.15, 0.2) is 0 Å². The number of nitrogens with zero attached hydrogens (tertiary/aromatic N) is 1. The first-order chi connectivity index (χ1) is 15.5. The number of H-pyrrole nitrogens is 1. The van der Waals surface area contributed by atoms with E-state index in [1.807, 2.05) is 29.6 Å². The average molecular weight is 457 g/mol. The number of rotatable bonds is 8. The Labute approximate surface area is 190 Å². The second-order valence-corrected chi connectivity index (χ2v) is 9.04. The lowest BCUT2D eigenvalue weighted by atomic mass is 9.87. The van der Waals surface area contributed by atoms with Gasteiger partial charge in [-0.05, 0) is 54.7 Å². The lowest BCUT2D eigenvalue weighted by Gasteiger charge is -2.25. The summed E-state index contributed by atoms with van der Waals surface area (Å²) in [7, 11) is 1.59. The molecule has 2 aromatic heterocycles. The molecule has 9 heteroatoms. The summed E-state index contributed by atoms with van der Waals surface area (Å²) < 4.78 is 11.1. The molecule has 2 heterocycles. The molecule has 0 radical (unpaired) electrons. The van der Waals surface area contributed by atoms with E-state index in [1.165, 1.54) is 11.3 Å². The van der Waals surface area contributed by atoms with Crippen LogP contribution < -0.4 is 21.3 Å². The molecule has 1 aliphatic carbocycles. The molecule has 4 N–H and O–H groups in total. The van der Waals surface area contributed by atoms with Crippen LogP contribution in [0.5, 0.6) is 5.75 Å². The number of aromatic amines is 1. The first-order valence-electron chi connectivity index (χ1n) is 10.8. The molecule has 1 saturated carbocycles. The molecular formula is C23H28N4O4S. The van der Waals surface area contributed by atoms with Crippen molar-refractivity contribution in [2.75, 3.05) is 13.7 Å². The fourth-order valence-corrected chi connectivity index (χ4v) is 4.88. The second kappa shape index (κ2) is 10.2. The van der Waals surface area contributed by atoms with Gasteiger partial charge in [0.1, 0.15) is 10.6 Å². The zero-order valence-electron chi connectivity index (χ0n) is 18.1. The van der Waals surface area contributed by atoms with Crippen LogP contribution in [0.4, 0.5) is 0 Å². The number of amides is 1.